The van der Waals surface area contributed by atoms with Crippen molar-refractivity contribution in [1.29, 1.82) is 0 Å². The molecule has 1 atom stereocenters. The predicted octanol–water partition coefficient (Wildman–Crippen LogP) is 1.81. The number of esters is 1. The van der Waals surface area contributed by atoms with Crippen molar-refractivity contribution in [2.24, 2.45) is 5.92 Å². The van der Waals surface area contributed by atoms with Crippen LogP contribution in [0.4, 0.5) is 0 Å². The Bertz CT molecular complexity index is 329. The first-order chi connectivity index (χ1) is 9.26. The number of carbonyl (C=O) groups excluding carboxylic acids is 1. The Hall–Kier alpha value is -1.40. The Kier molecular flexibility index (Phi) is 8.83. The predicted molar refractivity (Wildman–Crippen MR) is 72.6 cm³/mol. The summed E-state index contributed by atoms with van der Waals surface area (Å²) in [4.78, 5) is 22.3. The van der Waals surface area contributed by atoms with Crippen LogP contribution in [0.1, 0.15) is 52.4 Å². The summed E-state index contributed by atoms with van der Waals surface area (Å²) in [5, 5.41) is 26.7. The zero-order valence-corrected chi connectivity index (χ0v) is 12.0. The number of rotatable bonds is 10. The van der Waals surface area contributed by atoms with Gasteiger partial charge in [0.1, 0.15) is 0 Å². The van der Waals surface area contributed by atoms with E-state index in [4.69, 9.17) is 15.3 Å². The first-order valence-corrected chi connectivity index (χ1v) is 6.82. The third-order valence-corrected chi connectivity index (χ3v) is 2.58. The molecule has 6 heteroatoms. The lowest BCUT2D eigenvalue weighted by Gasteiger charge is -2.18. The molecule has 0 saturated carbocycles. The van der Waals surface area contributed by atoms with Crippen molar-refractivity contribution in [3.63, 3.8) is 0 Å². The fourth-order valence-electron chi connectivity index (χ4n) is 1.63. The van der Waals surface area contributed by atoms with Gasteiger partial charge in [-0.15, -0.1) is 0 Å². The molecule has 0 radical (unpaired) electrons. The first-order valence-electron chi connectivity index (χ1n) is 6.82. The molecule has 0 heterocycles. The van der Waals surface area contributed by atoms with Crippen LogP contribution in [-0.4, -0.2) is 33.2 Å². The van der Waals surface area contributed by atoms with E-state index in [-0.39, 0.29) is 0 Å². The molecule has 6 nitrogen and oxygen atoms in total. The van der Waals surface area contributed by atoms with Gasteiger partial charge in [-0.25, -0.2) is 0 Å². The van der Waals surface area contributed by atoms with Crippen molar-refractivity contribution in [2.75, 3.05) is 0 Å². The molecule has 0 aromatic carbocycles. The lowest BCUT2D eigenvalue weighted by molar-refractivity contribution is -0.308. The number of carbonyl (C=O) groups is 2. The quantitative estimate of drug-likeness (QED) is 0.245. The minimum atomic E-state index is -2.59. The molecule has 0 aliphatic carbocycles. The van der Waals surface area contributed by atoms with Gasteiger partial charge in [0.2, 0.25) is 0 Å². The van der Waals surface area contributed by atoms with Gasteiger partial charge in [0.05, 0.1) is 12.3 Å². The van der Waals surface area contributed by atoms with E-state index in [0.29, 0.717) is 0 Å². The summed E-state index contributed by atoms with van der Waals surface area (Å²) in [7, 11) is 0. The number of carboxylic acid groups (broad SMARTS) is 1. The highest BCUT2D eigenvalue weighted by Gasteiger charge is 2.27. The van der Waals surface area contributed by atoms with Gasteiger partial charge in [-0.1, -0.05) is 38.3 Å². The van der Waals surface area contributed by atoms with Crippen LogP contribution < -0.4 is 0 Å². The van der Waals surface area contributed by atoms with Crippen LogP contribution in [0.15, 0.2) is 12.2 Å². The first kappa shape index (κ1) is 18.6. The highest BCUT2D eigenvalue weighted by Crippen LogP contribution is 2.13. The van der Waals surface area contributed by atoms with Crippen LogP contribution in [0.25, 0.3) is 0 Å². The third-order valence-electron chi connectivity index (χ3n) is 2.58. The average molecular weight is 288 g/mol. The van der Waals surface area contributed by atoms with Crippen LogP contribution in [-0.2, 0) is 14.3 Å². The summed E-state index contributed by atoms with van der Waals surface area (Å²) in [6, 6.07) is 0. The van der Waals surface area contributed by atoms with Crippen molar-refractivity contribution in [3.8, 4) is 0 Å². The maximum Gasteiger partial charge on any atom is 0.321 e. The number of carboxylic acids is 1. The summed E-state index contributed by atoms with van der Waals surface area (Å²) in [6.07, 6.45) is 7.81. The van der Waals surface area contributed by atoms with Gasteiger partial charge in [0.15, 0.2) is 0 Å². The fraction of sp³-hybridized carbons (Fsp3) is 0.714. The minimum absolute atomic E-state index is 0.444. The second-order valence-corrected chi connectivity index (χ2v) is 4.84. The van der Waals surface area contributed by atoms with Gasteiger partial charge in [0, 0.05) is 6.92 Å². The molecule has 3 N–H and O–H groups in total. The van der Waals surface area contributed by atoms with Gasteiger partial charge >= 0.3 is 17.9 Å². The molecule has 0 saturated heterocycles. The van der Waals surface area contributed by atoms with E-state index in [2.05, 4.69) is 11.7 Å². The van der Waals surface area contributed by atoms with Crippen molar-refractivity contribution < 1.29 is 29.6 Å². The summed E-state index contributed by atoms with van der Waals surface area (Å²) < 4.78 is 4.35. The minimum Gasteiger partial charge on any atom is -0.481 e. The second-order valence-electron chi connectivity index (χ2n) is 4.84. The number of ether oxygens (including phenoxy) is 1. The molecule has 116 valence electrons. The molecular weight excluding hydrogens is 264 g/mol. The topological polar surface area (TPSA) is 104 Å². The maximum atomic E-state index is 11.6. The highest BCUT2D eigenvalue weighted by atomic mass is 16.8. The monoisotopic (exact) mass is 288 g/mol. The lowest BCUT2D eigenvalue weighted by Crippen LogP contribution is -2.33. The van der Waals surface area contributed by atoms with E-state index < -0.39 is 30.3 Å². The van der Waals surface area contributed by atoms with Gasteiger partial charge in [-0.2, -0.15) is 0 Å². The summed E-state index contributed by atoms with van der Waals surface area (Å²) in [5.41, 5.74) is 0. The highest BCUT2D eigenvalue weighted by molar-refractivity contribution is 5.80. The molecule has 0 aliphatic rings. The second kappa shape index (κ2) is 9.50. The van der Waals surface area contributed by atoms with Crippen molar-refractivity contribution in [2.45, 2.75) is 58.3 Å². The standard InChI is InChI=1S/C14H24O6/c1-3-4-5-6-7-8-9-11(10-12(15)16)13(17)20-14(2,18)19/h8-9,11,18-19H,3-7,10H2,1-2H3,(H,15,16). The van der Waals surface area contributed by atoms with Crippen LogP contribution in [0.3, 0.4) is 0 Å². The van der Waals surface area contributed by atoms with Crippen molar-refractivity contribution in [1.82, 2.24) is 0 Å². The van der Waals surface area contributed by atoms with Crippen LogP contribution in [0.5, 0.6) is 0 Å². The smallest absolute Gasteiger partial charge is 0.321 e. The Labute approximate surface area is 119 Å². The van der Waals surface area contributed by atoms with Gasteiger partial charge in [-0.3, -0.25) is 9.59 Å². The Morgan fingerprint density at radius 3 is 2.40 bits per heavy atom. The average Bonchev–Trinajstić information content (AvgIpc) is 2.29. The maximum absolute atomic E-state index is 11.6. The van der Waals surface area contributed by atoms with Crippen molar-refractivity contribution >= 4 is 11.9 Å². The van der Waals surface area contributed by atoms with E-state index in [1.165, 1.54) is 6.08 Å². The van der Waals surface area contributed by atoms with E-state index in [9.17, 15) is 9.59 Å². The number of aliphatic carboxylic acids is 1. The summed E-state index contributed by atoms with van der Waals surface area (Å²) in [6.45, 7) is 2.99. The SMILES string of the molecule is CCCCCCC=CC(CC(=O)O)C(=O)OC(C)(O)O. The van der Waals surface area contributed by atoms with Crippen molar-refractivity contribution in [3.05, 3.63) is 12.2 Å². The number of aliphatic hydroxyl groups is 2. The number of hydrogen-bond acceptors (Lipinski definition) is 5. The Balaban J connectivity index is 4.37. The lowest BCUT2D eigenvalue weighted by atomic mass is 10.0. The molecule has 0 aromatic rings. The summed E-state index contributed by atoms with van der Waals surface area (Å²) >= 11 is 0. The van der Waals surface area contributed by atoms with Gasteiger partial charge in [-0.05, 0) is 12.8 Å². The fourth-order valence-corrected chi connectivity index (χ4v) is 1.63. The van der Waals surface area contributed by atoms with Crippen LogP contribution >= 0.6 is 0 Å². The third kappa shape index (κ3) is 10.5. The largest absolute Gasteiger partial charge is 0.481 e. The molecular formula is C14H24O6. The molecule has 0 bridgehead atoms. The number of allylic oxidation sites excluding steroid dienone is 1. The number of unbranched alkanes of at least 4 members (excludes halogenated alkanes) is 4. The molecule has 0 spiro atoms. The number of hydrogen-bond donors (Lipinski definition) is 3. The molecule has 20 heavy (non-hydrogen) atoms. The molecule has 0 amide bonds. The summed E-state index contributed by atoms with van der Waals surface area (Å²) in [5.74, 6) is -5.73. The van der Waals surface area contributed by atoms with E-state index in [1.54, 1.807) is 6.08 Å². The Morgan fingerprint density at radius 1 is 1.25 bits per heavy atom. The van der Waals surface area contributed by atoms with Gasteiger partial charge in [0.25, 0.3) is 0 Å². The van der Waals surface area contributed by atoms with E-state index in [0.717, 1.165) is 39.0 Å². The van der Waals surface area contributed by atoms with Crippen LogP contribution in [0, 0.1) is 5.92 Å². The zero-order valence-electron chi connectivity index (χ0n) is 12.0. The van der Waals surface area contributed by atoms with Gasteiger partial charge < -0.3 is 20.1 Å². The molecule has 0 rings (SSSR count). The molecule has 0 fully saturated rings. The van der Waals surface area contributed by atoms with E-state index >= 15 is 0 Å². The zero-order chi connectivity index (χ0) is 15.6. The normalized spacial score (nSPS) is 13.4. The Morgan fingerprint density at radius 2 is 1.90 bits per heavy atom. The molecule has 0 aromatic heterocycles. The molecule has 0 aliphatic heterocycles. The van der Waals surface area contributed by atoms with Crippen LogP contribution in [0.2, 0.25) is 0 Å². The van der Waals surface area contributed by atoms with E-state index in [1.807, 2.05) is 0 Å². The molecule has 1 unspecified atom stereocenters.